The third-order valence-corrected chi connectivity index (χ3v) is 4.52. The molecule has 0 aromatic heterocycles. The molecule has 0 aliphatic carbocycles. The van der Waals surface area contributed by atoms with Crippen LogP contribution in [0.25, 0.3) is 0 Å². The molecule has 0 saturated carbocycles. The standard InChI is InChI=1S/C20H25NO/c1-15(2)13-19-18-11-7-8-12-20(18)22-14-21(19)16(3)17-9-5-4-6-10-17/h4-12,15-16,19H,13-14H2,1-3H3/t16-,19-/m1/s1. The number of hydrogen-bond donors (Lipinski definition) is 0. The van der Waals surface area contributed by atoms with Crippen LogP contribution in [0.1, 0.15) is 50.4 Å². The van der Waals surface area contributed by atoms with Gasteiger partial charge < -0.3 is 4.74 Å². The molecule has 0 spiro atoms. The lowest BCUT2D eigenvalue weighted by Crippen LogP contribution is -2.39. The Labute approximate surface area is 133 Å². The van der Waals surface area contributed by atoms with Gasteiger partial charge >= 0.3 is 0 Å². The smallest absolute Gasteiger partial charge is 0.143 e. The van der Waals surface area contributed by atoms with E-state index in [0.717, 1.165) is 12.2 Å². The van der Waals surface area contributed by atoms with Crippen molar-refractivity contribution in [2.75, 3.05) is 6.73 Å². The zero-order valence-electron chi connectivity index (χ0n) is 13.7. The number of hydrogen-bond acceptors (Lipinski definition) is 2. The second-order valence-electron chi connectivity index (χ2n) is 6.56. The molecule has 1 heterocycles. The van der Waals surface area contributed by atoms with Crippen molar-refractivity contribution < 1.29 is 4.74 Å². The van der Waals surface area contributed by atoms with Gasteiger partial charge in [-0.15, -0.1) is 0 Å². The molecular weight excluding hydrogens is 270 g/mol. The molecule has 1 aliphatic rings. The van der Waals surface area contributed by atoms with E-state index in [0.29, 0.717) is 24.7 Å². The summed E-state index contributed by atoms with van der Waals surface area (Å²) in [7, 11) is 0. The Balaban J connectivity index is 1.93. The molecule has 2 aromatic carbocycles. The van der Waals surface area contributed by atoms with Crippen LogP contribution in [0.15, 0.2) is 54.6 Å². The van der Waals surface area contributed by atoms with E-state index < -0.39 is 0 Å². The predicted molar refractivity (Wildman–Crippen MR) is 90.8 cm³/mol. The molecule has 2 atom stereocenters. The topological polar surface area (TPSA) is 12.5 Å². The summed E-state index contributed by atoms with van der Waals surface area (Å²) in [5.41, 5.74) is 2.67. The number of rotatable bonds is 4. The first-order valence-corrected chi connectivity index (χ1v) is 8.19. The van der Waals surface area contributed by atoms with Crippen LogP contribution in [-0.4, -0.2) is 11.6 Å². The third kappa shape index (κ3) is 3.02. The molecule has 0 fully saturated rings. The van der Waals surface area contributed by atoms with Gasteiger partial charge in [0, 0.05) is 17.6 Å². The van der Waals surface area contributed by atoms with Crippen LogP contribution in [0, 0.1) is 5.92 Å². The Morgan fingerprint density at radius 1 is 1.00 bits per heavy atom. The Morgan fingerprint density at radius 3 is 2.41 bits per heavy atom. The minimum atomic E-state index is 0.346. The predicted octanol–water partition coefficient (Wildman–Crippen LogP) is 5.19. The number of ether oxygens (including phenoxy) is 1. The third-order valence-electron chi connectivity index (χ3n) is 4.52. The van der Waals surface area contributed by atoms with Gasteiger partial charge in [0.2, 0.25) is 0 Å². The summed E-state index contributed by atoms with van der Waals surface area (Å²) in [6.45, 7) is 7.53. The lowest BCUT2D eigenvalue weighted by molar-refractivity contribution is 0.0165. The summed E-state index contributed by atoms with van der Waals surface area (Å²) in [6, 6.07) is 20.0. The fourth-order valence-electron chi connectivity index (χ4n) is 3.31. The molecule has 0 amide bonds. The highest BCUT2D eigenvalue weighted by Gasteiger charge is 2.32. The summed E-state index contributed by atoms with van der Waals surface area (Å²) in [5, 5.41) is 0. The number of benzene rings is 2. The summed E-state index contributed by atoms with van der Waals surface area (Å²) in [6.07, 6.45) is 1.15. The molecule has 2 aromatic rings. The van der Waals surface area contributed by atoms with Crippen molar-refractivity contribution in [3.63, 3.8) is 0 Å². The molecule has 2 nitrogen and oxygen atoms in total. The Morgan fingerprint density at radius 2 is 1.68 bits per heavy atom. The highest BCUT2D eigenvalue weighted by Crippen LogP contribution is 2.41. The largest absolute Gasteiger partial charge is 0.478 e. The quantitative estimate of drug-likeness (QED) is 0.770. The molecule has 0 saturated heterocycles. The van der Waals surface area contributed by atoms with Crippen LogP contribution in [0.3, 0.4) is 0 Å². The van der Waals surface area contributed by atoms with E-state index in [4.69, 9.17) is 4.74 Å². The molecular formula is C20H25NO. The van der Waals surface area contributed by atoms with Crippen molar-refractivity contribution in [2.24, 2.45) is 5.92 Å². The minimum Gasteiger partial charge on any atom is -0.478 e. The van der Waals surface area contributed by atoms with Crippen LogP contribution in [0.2, 0.25) is 0 Å². The molecule has 0 bridgehead atoms. The van der Waals surface area contributed by atoms with Crippen molar-refractivity contribution in [3.8, 4) is 5.75 Å². The lowest BCUT2D eigenvalue weighted by atomic mass is 9.92. The summed E-state index contributed by atoms with van der Waals surface area (Å²) in [5.74, 6) is 1.70. The lowest BCUT2D eigenvalue weighted by Gasteiger charge is -2.41. The summed E-state index contributed by atoms with van der Waals surface area (Å²) >= 11 is 0. The van der Waals surface area contributed by atoms with Gasteiger partial charge in [-0.25, -0.2) is 0 Å². The van der Waals surface area contributed by atoms with Crippen LogP contribution >= 0.6 is 0 Å². The number of para-hydroxylation sites is 1. The minimum absolute atomic E-state index is 0.346. The Bertz CT molecular complexity index is 608. The zero-order valence-corrected chi connectivity index (χ0v) is 13.7. The molecule has 0 N–H and O–H groups in total. The molecule has 2 heteroatoms. The zero-order chi connectivity index (χ0) is 15.5. The van der Waals surface area contributed by atoms with E-state index in [9.17, 15) is 0 Å². The first-order valence-electron chi connectivity index (χ1n) is 8.19. The van der Waals surface area contributed by atoms with E-state index in [2.05, 4.69) is 80.3 Å². The van der Waals surface area contributed by atoms with Gasteiger partial charge in [-0.2, -0.15) is 0 Å². The SMILES string of the molecule is CC(C)C[C@@H]1c2ccccc2OCN1[C@H](C)c1ccccc1. The van der Waals surface area contributed by atoms with E-state index in [1.165, 1.54) is 11.1 Å². The van der Waals surface area contributed by atoms with Gasteiger partial charge in [0.05, 0.1) is 0 Å². The number of nitrogens with zero attached hydrogens (tertiary/aromatic N) is 1. The monoisotopic (exact) mass is 295 g/mol. The first-order chi connectivity index (χ1) is 10.7. The summed E-state index contributed by atoms with van der Waals surface area (Å²) in [4.78, 5) is 2.48. The Hall–Kier alpha value is -1.80. The maximum absolute atomic E-state index is 6.02. The van der Waals surface area contributed by atoms with E-state index in [1.54, 1.807) is 0 Å². The van der Waals surface area contributed by atoms with Crippen molar-refractivity contribution in [2.45, 2.75) is 39.3 Å². The highest BCUT2D eigenvalue weighted by molar-refractivity contribution is 5.37. The average molecular weight is 295 g/mol. The van der Waals surface area contributed by atoms with Gasteiger partial charge in [-0.1, -0.05) is 62.4 Å². The van der Waals surface area contributed by atoms with Crippen molar-refractivity contribution in [1.82, 2.24) is 4.90 Å². The average Bonchev–Trinajstić information content (AvgIpc) is 2.55. The molecule has 1 aliphatic heterocycles. The van der Waals surface area contributed by atoms with Crippen LogP contribution < -0.4 is 4.74 Å². The summed E-state index contributed by atoms with van der Waals surface area (Å²) < 4.78 is 6.02. The second-order valence-corrected chi connectivity index (χ2v) is 6.56. The number of fused-ring (bicyclic) bond motifs is 1. The van der Waals surface area contributed by atoms with E-state index >= 15 is 0 Å². The van der Waals surface area contributed by atoms with Crippen LogP contribution in [-0.2, 0) is 0 Å². The van der Waals surface area contributed by atoms with E-state index in [1.807, 2.05) is 0 Å². The maximum Gasteiger partial charge on any atom is 0.143 e. The van der Waals surface area contributed by atoms with Gasteiger partial charge in [0.15, 0.2) is 0 Å². The van der Waals surface area contributed by atoms with Gasteiger partial charge in [-0.05, 0) is 30.9 Å². The molecule has 3 rings (SSSR count). The molecule has 116 valence electrons. The normalized spacial score (nSPS) is 19.5. The van der Waals surface area contributed by atoms with Gasteiger partial charge in [-0.3, -0.25) is 4.90 Å². The fourth-order valence-corrected chi connectivity index (χ4v) is 3.31. The van der Waals surface area contributed by atoms with Crippen molar-refractivity contribution >= 4 is 0 Å². The van der Waals surface area contributed by atoms with Gasteiger partial charge in [0.1, 0.15) is 12.5 Å². The van der Waals surface area contributed by atoms with Crippen molar-refractivity contribution in [1.29, 1.82) is 0 Å². The fraction of sp³-hybridized carbons (Fsp3) is 0.400. The second kappa shape index (κ2) is 6.53. The molecule has 0 radical (unpaired) electrons. The van der Waals surface area contributed by atoms with Crippen molar-refractivity contribution in [3.05, 3.63) is 65.7 Å². The van der Waals surface area contributed by atoms with Crippen LogP contribution in [0.4, 0.5) is 0 Å². The van der Waals surface area contributed by atoms with Crippen LogP contribution in [0.5, 0.6) is 5.75 Å². The van der Waals surface area contributed by atoms with E-state index in [-0.39, 0.29) is 0 Å². The molecule has 0 unspecified atom stereocenters. The molecule has 22 heavy (non-hydrogen) atoms. The van der Waals surface area contributed by atoms with Gasteiger partial charge in [0.25, 0.3) is 0 Å². The Kier molecular flexibility index (Phi) is 4.49. The first kappa shape index (κ1) is 15.1. The maximum atomic E-state index is 6.02. The highest BCUT2D eigenvalue weighted by atomic mass is 16.5.